The zero-order valence-electron chi connectivity index (χ0n) is 15.4. The molecule has 0 aromatic heterocycles. The number of piperidine rings is 1. The molecule has 1 fully saturated rings. The van der Waals surface area contributed by atoms with Crippen LogP contribution in [0.25, 0.3) is 0 Å². The molecule has 0 spiro atoms. The van der Waals surface area contributed by atoms with Gasteiger partial charge in [-0.15, -0.1) is 12.4 Å². The first kappa shape index (κ1) is 22.7. The van der Waals surface area contributed by atoms with Crippen LogP contribution in [0.2, 0.25) is 0 Å². The lowest BCUT2D eigenvalue weighted by molar-refractivity contribution is 0.0512. The van der Waals surface area contributed by atoms with Gasteiger partial charge in [0.2, 0.25) is 10.0 Å². The Labute approximate surface area is 161 Å². The summed E-state index contributed by atoms with van der Waals surface area (Å²) in [5.74, 6) is -0.217. The van der Waals surface area contributed by atoms with Gasteiger partial charge in [-0.1, -0.05) is 6.07 Å². The minimum Gasteiger partial charge on any atom is -0.384 e. The molecule has 1 saturated heterocycles. The highest BCUT2D eigenvalue weighted by molar-refractivity contribution is 7.92. The Morgan fingerprint density at radius 1 is 1.31 bits per heavy atom. The van der Waals surface area contributed by atoms with E-state index in [0.717, 1.165) is 37.8 Å². The van der Waals surface area contributed by atoms with Crippen LogP contribution < -0.4 is 15.4 Å². The van der Waals surface area contributed by atoms with E-state index in [4.69, 9.17) is 4.74 Å². The van der Waals surface area contributed by atoms with Crippen molar-refractivity contribution in [3.05, 3.63) is 29.3 Å². The lowest BCUT2D eigenvalue weighted by Crippen LogP contribution is -2.47. The van der Waals surface area contributed by atoms with Crippen LogP contribution in [0.5, 0.6) is 0 Å². The largest absolute Gasteiger partial charge is 0.384 e. The van der Waals surface area contributed by atoms with Crippen molar-refractivity contribution in [1.29, 1.82) is 0 Å². The van der Waals surface area contributed by atoms with E-state index in [2.05, 4.69) is 15.4 Å². The second-order valence-corrected chi connectivity index (χ2v) is 8.52. The third-order valence-electron chi connectivity index (χ3n) is 4.53. The number of ether oxygens (including phenoxy) is 1. The monoisotopic (exact) mass is 405 g/mol. The number of amides is 1. The fraction of sp³-hybridized carbons (Fsp3) is 0.588. The first-order valence-corrected chi connectivity index (χ1v) is 10.2. The zero-order valence-corrected chi connectivity index (χ0v) is 17.1. The third-order valence-corrected chi connectivity index (χ3v) is 5.12. The summed E-state index contributed by atoms with van der Waals surface area (Å²) in [6.07, 6.45) is 2.97. The SMILES string of the molecule is COCC1(CNC(=O)c2ccc(C)c(NS(C)(=O)=O)c2)CCNCC1.Cl. The van der Waals surface area contributed by atoms with E-state index in [1.54, 1.807) is 32.2 Å². The van der Waals surface area contributed by atoms with Gasteiger partial charge in [0.05, 0.1) is 18.6 Å². The molecular formula is C17H28ClN3O4S. The molecule has 1 aliphatic heterocycles. The van der Waals surface area contributed by atoms with Gasteiger partial charge >= 0.3 is 0 Å². The van der Waals surface area contributed by atoms with Gasteiger partial charge < -0.3 is 15.4 Å². The standard InChI is InChI=1S/C17H27N3O4S.ClH/c1-13-4-5-14(10-15(13)20-25(3,22)23)16(21)19-11-17(12-24-2)6-8-18-9-7-17;/h4-5,10,18,20H,6-9,11-12H2,1-3H3,(H,19,21);1H. The van der Waals surface area contributed by atoms with E-state index < -0.39 is 10.0 Å². The van der Waals surface area contributed by atoms with E-state index >= 15 is 0 Å². The van der Waals surface area contributed by atoms with E-state index in [0.29, 0.717) is 24.4 Å². The van der Waals surface area contributed by atoms with Gasteiger partial charge in [-0.2, -0.15) is 0 Å². The van der Waals surface area contributed by atoms with Gasteiger partial charge in [-0.3, -0.25) is 9.52 Å². The highest BCUT2D eigenvalue weighted by atomic mass is 35.5. The van der Waals surface area contributed by atoms with Crippen molar-refractivity contribution in [3.63, 3.8) is 0 Å². The van der Waals surface area contributed by atoms with E-state index in [1.807, 2.05) is 0 Å². The zero-order chi connectivity index (χ0) is 18.5. The number of carbonyl (C=O) groups excluding carboxylic acids is 1. The molecule has 1 aromatic carbocycles. The van der Waals surface area contributed by atoms with Gasteiger partial charge in [0.15, 0.2) is 0 Å². The predicted octanol–water partition coefficient (Wildman–Crippen LogP) is 1.53. The van der Waals surface area contributed by atoms with Crippen LogP contribution in [0.1, 0.15) is 28.8 Å². The maximum atomic E-state index is 12.5. The second kappa shape index (κ2) is 9.55. The first-order valence-electron chi connectivity index (χ1n) is 8.31. The molecule has 9 heteroatoms. The highest BCUT2D eigenvalue weighted by Crippen LogP contribution is 2.28. The number of nitrogens with one attached hydrogen (secondary N) is 3. The highest BCUT2D eigenvalue weighted by Gasteiger charge is 2.32. The van der Waals surface area contributed by atoms with Crippen molar-refractivity contribution in [2.75, 3.05) is 44.3 Å². The van der Waals surface area contributed by atoms with Crippen LogP contribution in [0, 0.1) is 12.3 Å². The van der Waals surface area contributed by atoms with Crippen molar-refractivity contribution >= 4 is 34.0 Å². The number of hydrogen-bond acceptors (Lipinski definition) is 5. The number of sulfonamides is 1. The number of hydrogen-bond donors (Lipinski definition) is 3. The third kappa shape index (κ3) is 6.42. The molecule has 0 bridgehead atoms. The molecule has 1 amide bonds. The van der Waals surface area contributed by atoms with E-state index in [1.165, 1.54) is 0 Å². The Kier molecular flexibility index (Phi) is 8.33. The van der Waals surface area contributed by atoms with Crippen LogP contribution >= 0.6 is 12.4 Å². The van der Waals surface area contributed by atoms with Crippen LogP contribution in [0.4, 0.5) is 5.69 Å². The number of carbonyl (C=O) groups is 1. The number of benzene rings is 1. The summed E-state index contributed by atoms with van der Waals surface area (Å²) < 4.78 is 30.7. The Balaban J connectivity index is 0.00000338. The maximum Gasteiger partial charge on any atom is 0.251 e. The smallest absolute Gasteiger partial charge is 0.251 e. The lowest BCUT2D eigenvalue weighted by Gasteiger charge is -2.37. The fourth-order valence-corrected chi connectivity index (χ4v) is 3.70. The van der Waals surface area contributed by atoms with E-state index in [9.17, 15) is 13.2 Å². The van der Waals surface area contributed by atoms with Gasteiger partial charge in [0.1, 0.15) is 0 Å². The summed E-state index contributed by atoms with van der Waals surface area (Å²) in [7, 11) is -1.72. The van der Waals surface area contributed by atoms with Gasteiger partial charge in [0.25, 0.3) is 5.91 Å². The summed E-state index contributed by atoms with van der Waals surface area (Å²) in [5.41, 5.74) is 1.55. The molecule has 2 rings (SSSR count). The topological polar surface area (TPSA) is 96.5 Å². The van der Waals surface area contributed by atoms with E-state index in [-0.39, 0.29) is 23.7 Å². The number of methoxy groups -OCH3 is 1. The number of aryl methyl sites for hydroxylation is 1. The molecule has 0 atom stereocenters. The van der Waals surface area contributed by atoms with Crippen molar-refractivity contribution in [2.45, 2.75) is 19.8 Å². The number of halogens is 1. The van der Waals surface area contributed by atoms with Crippen molar-refractivity contribution in [3.8, 4) is 0 Å². The Morgan fingerprint density at radius 2 is 1.96 bits per heavy atom. The Hall–Kier alpha value is -1.35. The second-order valence-electron chi connectivity index (χ2n) is 6.77. The molecule has 26 heavy (non-hydrogen) atoms. The van der Waals surface area contributed by atoms with Gasteiger partial charge in [-0.25, -0.2) is 8.42 Å². The lowest BCUT2D eigenvalue weighted by atomic mass is 9.79. The molecule has 0 saturated carbocycles. The van der Waals surface area contributed by atoms with Crippen LogP contribution in [-0.2, 0) is 14.8 Å². The molecule has 0 unspecified atom stereocenters. The van der Waals surface area contributed by atoms with Crippen LogP contribution in [0.3, 0.4) is 0 Å². The summed E-state index contributed by atoms with van der Waals surface area (Å²) in [4.78, 5) is 12.5. The number of rotatable bonds is 7. The Bertz CT molecular complexity index is 713. The first-order chi connectivity index (χ1) is 11.7. The summed E-state index contributed by atoms with van der Waals surface area (Å²) in [6, 6.07) is 5.00. The summed E-state index contributed by atoms with van der Waals surface area (Å²) in [6.45, 7) is 4.74. The molecule has 148 valence electrons. The molecule has 3 N–H and O–H groups in total. The average molecular weight is 406 g/mol. The van der Waals surface area contributed by atoms with Gasteiger partial charge in [0, 0.05) is 24.6 Å². The van der Waals surface area contributed by atoms with Crippen molar-refractivity contribution in [2.24, 2.45) is 5.41 Å². The molecule has 1 aliphatic rings. The normalized spacial score (nSPS) is 16.4. The van der Waals surface area contributed by atoms with Gasteiger partial charge in [-0.05, 0) is 50.6 Å². The Morgan fingerprint density at radius 3 is 2.54 bits per heavy atom. The van der Waals surface area contributed by atoms with Crippen LogP contribution in [0.15, 0.2) is 18.2 Å². The predicted molar refractivity (Wildman–Crippen MR) is 106 cm³/mol. The van der Waals surface area contributed by atoms with Crippen LogP contribution in [-0.4, -0.2) is 53.9 Å². The summed E-state index contributed by atoms with van der Waals surface area (Å²) >= 11 is 0. The maximum absolute atomic E-state index is 12.5. The number of anilines is 1. The minimum absolute atomic E-state index is 0. The molecule has 1 heterocycles. The molecule has 7 nitrogen and oxygen atoms in total. The minimum atomic E-state index is -3.39. The van der Waals surface area contributed by atoms with Crippen molar-refractivity contribution in [1.82, 2.24) is 10.6 Å². The summed E-state index contributed by atoms with van der Waals surface area (Å²) in [5, 5.41) is 6.30. The molecule has 0 radical (unpaired) electrons. The fourth-order valence-electron chi connectivity index (χ4n) is 3.08. The quantitative estimate of drug-likeness (QED) is 0.639. The molecular weight excluding hydrogens is 378 g/mol. The molecule has 0 aliphatic carbocycles. The molecule has 1 aromatic rings. The van der Waals surface area contributed by atoms with Crippen molar-refractivity contribution < 1.29 is 17.9 Å². The average Bonchev–Trinajstić information content (AvgIpc) is 2.55.